The van der Waals surface area contributed by atoms with Crippen LogP contribution >= 0.6 is 0 Å². The van der Waals surface area contributed by atoms with E-state index >= 15 is 0 Å². The van der Waals surface area contributed by atoms with E-state index in [1.54, 1.807) is 0 Å². The van der Waals surface area contributed by atoms with Crippen LogP contribution in [-0.4, -0.2) is 52.9 Å². The fourth-order valence-electron chi connectivity index (χ4n) is 2.89. The summed E-state index contributed by atoms with van der Waals surface area (Å²) in [5, 5.41) is 8.46. The lowest BCUT2D eigenvalue weighted by molar-refractivity contribution is -0.150. The molecule has 13 heteroatoms. The van der Waals surface area contributed by atoms with Gasteiger partial charge in [-0.3, -0.25) is 14.3 Å². The first-order valence-electron chi connectivity index (χ1n) is 8.11. The number of hydrogen-bond donors (Lipinski definition) is 3. The summed E-state index contributed by atoms with van der Waals surface area (Å²) in [5.41, 5.74) is 7.90. The first-order valence-corrected chi connectivity index (χ1v) is 8.11. The van der Waals surface area contributed by atoms with E-state index < -0.39 is 47.7 Å². The number of nitrogens with one attached hydrogen (secondary N) is 3. The third-order valence-corrected chi connectivity index (χ3v) is 4.31. The van der Waals surface area contributed by atoms with Gasteiger partial charge in [-0.1, -0.05) is 5.11 Å². The van der Waals surface area contributed by atoms with Gasteiger partial charge in [0, 0.05) is 23.1 Å². The van der Waals surface area contributed by atoms with Gasteiger partial charge in [0.2, 0.25) is 0 Å². The van der Waals surface area contributed by atoms with Crippen molar-refractivity contribution in [3.63, 3.8) is 0 Å². The molecule has 27 heavy (non-hydrogen) atoms. The van der Waals surface area contributed by atoms with Crippen molar-refractivity contribution in [2.24, 2.45) is 5.11 Å². The number of rotatable bonds is 5. The summed E-state index contributed by atoms with van der Waals surface area (Å²) in [7, 11) is 0. The van der Waals surface area contributed by atoms with E-state index in [0.717, 1.165) is 0 Å². The lowest BCUT2D eigenvalue weighted by Crippen LogP contribution is -2.38. The molecule has 3 rings (SSSR count). The Labute approximate surface area is 151 Å². The first kappa shape index (κ1) is 18.5. The smallest absolute Gasteiger partial charge is 0.330 e. The fourth-order valence-corrected chi connectivity index (χ4v) is 2.89. The van der Waals surface area contributed by atoms with Crippen LogP contribution in [0.4, 0.5) is 4.79 Å². The number of amides is 2. The van der Waals surface area contributed by atoms with E-state index in [1.165, 1.54) is 17.7 Å². The van der Waals surface area contributed by atoms with Crippen molar-refractivity contribution in [2.45, 2.75) is 37.8 Å². The second kappa shape index (κ2) is 7.51. The Morgan fingerprint density at radius 1 is 1.48 bits per heavy atom. The van der Waals surface area contributed by atoms with Gasteiger partial charge in [-0.2, -0.15) is 0 Å². The van der Waals surface area contributed by atoms with Gasteiger partial charge in [0.25, 0.3) is 5.56 Å². The van der Waals surface area contributed by atoms with Gasteiger partial charge in [0.05, 0.1) is 12.6 Å². The molecule has 144 valence electrons. The van der Waals surface area contributed by atoms with E-state index in [4.69, 9.17) is 15.0 Å². The maximum absolute atomic E-state index is 12.0. The molecule has 0 aliphatic carbocycles. The topological polar surface area (TPSA) is 180 Å². The minimum atomic E-state index is -0.808. The first-order chi connectivity index (χ1) is 12.9. The van der Waals surface area contributed by atoms with Gasteiger partial charge in [0.15, 0.2) is 0 Å². The second-order valence-corrected chi connectivity index (χ2v) is 6.15. The molecule has 0 radical (unpaired) electrons. The molecule has 2 fully saturated rings. The third kappa shape index (κ3) is 3.93. The largest absolute Gasteiger partial charge is 0.461 e. The summed E-state index contributed by atoms with van der Waals surface area (Å²) in [6.07, 6.45) is -0.0499. The molecule has 2 aliphatic heterocycles. The van der Waals surface area contributed by atoms with Crippen LogP contribution in [0.5, 0.6) is 0 Å². The lowest BCUT2D eigenvalue weighted by Gasteiger charge is -2.17. The van der Waals surface area contributed by atoms with Gasteiger partial charge >= 0.3 is 17.7 Å². The highest BCUT2D eigenvalue weighted by Gasteiger charge is 2.38. The molecule has 3 N–H and O–H groups in total. The van der Waals surface area contributed by atoms with Crippen molar-refractivity contribution >= 4 is 12.0 Å². The molecule has 0 aromatic carbocycles. The number of esters is 1. The Balaban J connectivity index is 1.70. The zero-order valence-corrected chi connectivity index (χ0v) is 14.2. The van der Waals surface area contributed by atoms with E-state index in [1.807, 2.05) is 0 Å². The van der Waals surface area contributed by atoms with Crippen LogP contribution in [0.25, 0.3) is 10.4 Å². The van der Waals surface area contributed by atoms with Crippen molar-refractivity contribution in [3.8, 4) is 0 Å². The zero-order valence-electron chi connectivity index (χ0n) is 14.2. The van der Waals surface area contributed by atoms with E-state index in [9.17, 15) is 19.2 Å². The number of nitrogens with zero attached hydrogens (tertiary/aromatic N) is 4. The normalized spacial score (nSPS) is 26.8. The van der Waals surface area contributed by atoms with Crippen molar-refractivity contribution in [3.05, 3.63) is 43.0 Å². The molecule has 4 unspecified atom stereocenters. The van der Waals surface area contributed by atoms with Gasteiger partial charge in [-0.05, 0) is 12.5 Å². The van der Waals surface area contributed by atoms with Crippen molar-refractivity contribution in [1.29, 1.82) is 0 Å². The zero-order chi connectivity index (χ0) is 19.6. The number of carbonyl (C=O) groups excluding carboxylic acids is 2. The van der Waals surface area contributed by atoms with Gasteiger partial charge < -0.3 is 20.1 Å². The standard InChI is InChI=1S/C14H17N7O6/c1-6-4-21(14(25)18-11(6)22)10-2-7(19-20-15)9(27-10)5-26-12(23)8-3-16-13(24)17-8/h4,7-10H,2-3,5H2,1H3,(H2,16,17,24)(H,18,22,25). The molecular formula is C14H17N7O6. The summed E-state index contributed by atoms with van der Waals surface area (Å²) >= 11 is 0. The molecule has 1 aromatic heterocycles. The summed E-state index contributed by atoms with van der Waals surface area (Å²) in [5.74, 6) is -0.655. The van der Waals surface area contributed by atoms with Crippen LogP contribution in [-0.2, 0) is 14.3 Å². The average molecular weight is 379 g/mol. The Hall–Kier alpha value is -3.31. The number of aromatic amines is 1. The number of aromatic nitrogens is 2. The summed E-state index contributed by atoms with van der Waals surface area (Å²) < 4.78 is 12.1. The Bertz CT molecular complexity index is 917. The molecule has 0 saturated carbocycles. The Morgan fingerprint density at radius 2 is 2.26 bits per heavy atom. The maximum Gasteiger partial charge on any atom is 0.330 e. The summed E-state index contributed by atoms with van der Waals surface area (Å²) in [6.45, 7) is 1.43. The van der Waals surface area contributed by atoms with Crippen molar-refractivity contribution in [1.82, 2.24) is 20.2 Å². The molecule has 2 saturated heterocycles. The number of hydrogen-bond acceptors (Lipinski definition) is 7. The highest BCUT2D eigenvalue weighted by Crippen LogP contribution is 2.30. The minimum absolute atomic E-state index is 0.109. The van der Waals surface area contributed by atoms with Crippen LogP contribution in [0.3, 0.4) is 0 Å². The maximum atomic E-state index is 12.0. The number of azide groups is 1. The molecule has 2 amide bonds. The Kier molecular flexibility index (Phi) is 5.14. The predicted octanol–water partition coefficient (Wildman–Crippen LogP) is -0.964. The number of carbonyl (C=O) groups is 2. The molecule has 4 atom stereocenters. The molecule has 0 bridgehead atoms. The summed E-state index contributed by atoms with van der Waals surface area (Å²) in [4.78, 5) is 51.5. The van der Waals surface area contributed by atoms with E-state index in [2.05, 4.69) is 25.6 Å². The number of urea groups is 1. The van der Waals surface area contributed by atoms with Crippen molar-refractivity contribution < 1.29 is 19.1 Å². The van der Waals surface area contributed by atoms with Crippen LogP contribution < -0.4 is 21.9 Å². The lowest BCUT2D eigenvalue weighted by atomic mass is 10.1. The molecule has 13 nitrogen and oxygen atoms in total. The summed E-state index contributed by atoms with van der Waals surface area (Å²) in [6, 6.07) is -1.95. The highest BCUT2D eigenvalue weighted by atomic mass is 16.6. The van der Waals surface area contributed by atoms with Crippen LogP contribution in [0.15, 0.2) is 20.9 Å². The quantitative estimate of drug-likeness (QED) is 0.256. The SMILES string of the molecule is Cc1cn(C2CC(N=[N+]=[N-])C(COC(=O)C3CNC(=O)N3)O2)c(=O)[nH]c1=O. The minimum Gasteiger partial charge on any atom is -0.461 e. The molecule has 3 heterocycles. The predicted molar refractivity (Wildman–Crippen MR) is 88.8 cm³/mol. The van der Waals surface area contributed by atoms with Gasteiger partial charge in [0.1, 0.15) is 25.0 Å². The third-order valence-electron chi connectivity index (χ3n) is 4.31. The fraction of sp³-hybridized carbons (Fsp3) is 0.571. The number of H-pyrrole nitrogens is 1. The monoisotopic (exact) mass is 379 g/mol. The van der Waals surface area contributed by atoms with Gasteiger partial charge in [-0.15, -0.1) is 0 Å². The molecular weight excluding hydrogens is 362 g/mol. The number of ether oxygens (including phenoxy) is 2. The van der Waals surface area contributed by atoms with Crippen molar-refractivity contribution in [2.75, 3.05) is 13.2 Å². The molecule has 1 aromatic rings. The Morgan fingerprint density at radius 3 is 2.93 bits per heavy atom. The van der Waals surface area contributed by atoms with Crippen LogP contribution in [0.2, 0.25) is 0 Å². The molecule has 2 aliphatic rings. The van der Waals surface area contributed by atoms with E-state index in [0.29, 0.717) is 5.56 Å². The van der Waals surface area contributed by atoms with Crippen LogP contribution in [0.1, 0.15) is 18.2 Å². The van der Waals surface area contributed by atoms with Crippen LogP contribution in [0, 0.1) is 6.92 Å². The van der Waals surface area contributed by atoms with Gasteiger partial charge in [-0.25, -0.2) is 14.4 Å². The average Bonchev–Trinajstić information content (AvgIpc) is 3.23. The highest BCUT2D eigenvalue weighted by molar-refractivity contribution is 5.87. The van der Waals surface area contributed by atoms with E-state index in [-0.39, 0.29) is 19.6 Å². The second-order valence-electron chi connectivity index (χ2n) is 6.15. The molecule has 0 spiro atoms. The number of aryl methyl sites for hydroxylation is 1.